The predicted molar refractivity (Wildman–Crippen MR) is 155 cm³/mol. The topological polar surface area (TPSA) is 131 Å². The van der Waals surface area contributed by atoms with E-state index in [1.165, 1.54) is 24.4 Å². The molecule has 14 heteroatoms. The zero-order valence-electron chi connectivity index (χ0n) is 20.5. The van der Waals surface area contributed by atoms with Crippen molar-refractivity contribution in [1.29, 1.82) is 5.26 Å². The Balaban J connectivity index is 1.63. The zero-order valence-corrected chi connectivity index (χ0v) is 23.6. The van der Waals surface area contributed by atoms with E-state index in [0.29, 0.717) is 27.9 Å². The van der Waals surface area contributed by atoms with Gasteiger partial charge in [0.15, 0.2) is 15.7 Å². The molecule has 40 heavy (non-hydrogen) atoms. The third-order valence-corrected chi connectivity index (χ3v) is 8.27. The Labute approximate surface area is 243 Å². The molecule has 0 aliphatic carbocycles. The molecule has 1 aliphatic rings. The summed E-state index contributed by atoms with van der Waals surface area (Å²) in [5.41, 5.74) is 11.2. The van der Waals surface area contributed by atoms with Crippen LogP contribution in [0.5, 0.6) is 0 Å². The van der Waals surface area contributed by atoms with E-state index in [-0.39, 0.29) is 36.9 Å². The van der Waals surface area contributed by atoms with Crippen molar-refractivity contribution < 1.29 is 12.8 Å². The van der Waals surface area contributed by atoms with Gasteiger partial charge in [-0.3, -0.25) is 4.98 Å². The molecule has 2 heterocycles. The average Bonchev–Trinajstić information content (AvgIpc) is 3.46. The van der Waals surface area contributed by atoms with Crippen molar-refractivity contribution in [3.63, 3.8) is 0 Å². The van der Waals surface area contributed by atoms with E-state index in [9.17, 15) is 18.1 Å². The van der Waals surface area contributed by atoms with Crippen LogP contribution in [-0.2, 0) is 9.84 Å². The summed E-state index contributed by atoms with van der Waals surface area (Å²) in [4.78, 5) is 4.49. The molecule has 204 valence electrons. The molecule has 0 saturated heterocycles. The summed E-state index contributed by atoms with van der Waals surface area (Å²) >= 11 is 18.5. The van der Waals surface area contributed by atoms with Gasteiger partial charge in [0.25, 0.3) is 0 Å². The standard InChI is InChI=1S/C26H19Cl3FN7O2S/c1-40(38,39)16-4-2-3-13(7-16)25(21-12-33-37-36-21)34-15-8-17-24(14(10-31)11-32-26(17)19(28)9-15)35-20-6-5-18(27)22(29)23(20)30/h2-9,11-12,25,33-34,36-37H,1H3,(H,32,35)/t25-/m0/s1. The number of halogens is 4. The SMILES string of the molecule is CS(=O)(=O)c1cccc([C@H](Nc2cc(Cl)c3ncc(C#N)c(Nc4ccc(Cl)c(Cl)c4F)c3c2)C2=CNNN2)c1. The van der Waals surface area contributed by atoms with E-state index in [4.69, 9.17) is 34.8 Å². The van der Waals surface area contributed by atoms with Crippen LogP contribution in [0.1, 0.15) is 17.2 Å². The molecule has 3 aromatic carbocycles. The van der Waals surface area contributed by atoms with Crippen molar-refractivity contribution in [2.45, 2.75) is 10.9 Å². The number of aromatic nitrogens is 1. The minimum atomic E-state index is -3.46. The van der Waals surface area contributed by atoms with Crippen molar-refractivity contribution >= 4 is 72.6 Å². The first-order chi connectivity index (χ1) is 19.1. The Morgan fingerprint density at radius 3 is 2.60 bits per heavy atom. The Morgan fingerprint density at radius 2 is 1.90 bits per heavy atom. The van der Waals surface area contributed by atoms with Gasteiger partial charge in [-0.15, -0.1) is 0 Å². The van der Waals surface area contributed by atoms with Gasteiger partial charge in [-0.25, -0.2) is 12.8 Å². The molecule has 1 aromatic heterocycles. The van der Waals surface area contributed by atoms with Crippen molar-refractivity contribution in [3.05, 3.63) is 98.6 Å². The molecule has 0 fully saturated rings. The van der Waals surface area contributed by atoms with E-state index in [1.807, 2.05) is 0 Å². The Morgan fingerprint density at radius 1 is 1.10 bits per heavy atom. The maximum Gasteiger partial charge on any atom is 0.175 e. The van der Waals surface area contributed by atoms with Gasteiger partial charge >= 0.3 is 0 Å². The number of anilines is 3. The quantitative estimate of drug-likeness (QED) is 0.159. The molecule has 1 atom stereocenters. The van der Waals surface area contributed by atoms with E-state index in [0.717, 1.165) is 6.26 Å². The number of nitrogens with one attached hydrogen (secondary N) is 5. The molecule has 0 radical (unpaired) electrons. The van der Waals surface area contributed by atoms with Crippen LogP contribution >= 0.6 is 34.8 Å². The molecule has 4 aromatic rings. The lowest BCUT2D eigenvalue weighted by Crippen LogP contribution is -2.34. The van der Waals surface area contributed by atoms with Gasteiger partial charge in [0.1, 0.15) is 6.07 Å². The van der Waals surface area contributed by atoms with Gasteiger partial charge in [-0.05, 0) is 42.0 Å². The lowest BCUT2D eigenvalue weighted by Gasteiger charge is -2.23. The first-order valence-electron chi connectivity index (χ1n) is 11.5. The number of nitrogens with zero attached hydrogens (tertiary/aromatic N) is 2. The molecule has 0 unspecified atom stereocenters. The summed E-state index contributed by atoms with van der Waals surface area (Å²) in [5, 5.41) is 16.6. The first kappa shape index (κ1) is 27.8. The fourth-order valence-corrected chi connectivity index (χ4v) is 5.42. The van der Waals surface area contributed by atoms with Crippen molar-refractivity contribution in [1.82, 2.24) is 21.4 Å². The summed E-state index contributed by atoms with van der Waals surface area (Å²) in [7, 11) is -3.46. The fraction of sp³-hybridized carbons (Fsp3) is 0.0769. The third kappa shape index (κ3) is 5.45. The van der Waals surface area contributed by atoms with Crippen LogP contribution in [0.2, 0.25) is 15.1 Å². The number of pyridine rings is 1. The normalized spacial score (nSPS) is 13.7. The number of hydrazine groups is 2. The van der Waals surface area contributed by atoms with Crippen LogP contribution in [-0.4, -0.2) is 19.7 Å². The van der Waals surface area contributed by atoms with E-state index in [2.05, 4.69) is 38.1 Å². The second-order valence-electron chi connectivity index (χ2n) is 8.78. The number of nitriles is 1. The van der Waals surface area contributed by atoms with Gasteiger partial charge in [0.2, 0.25) is 0 Å². The van der Waals surface area contributed by atoms with Crippen LogP contribution in [0.4, 0.5) is 21.5 Å². The van der Waals surface area contributed by atoms with Crippen LogP contribution in [0.3, 0.4) is 0 Å². The molecule has 0 saturated carbocycles. The van der Waals surface area contributed by atoms with Crippen LogP contribution < -0.4 is 27.0 Å². The highest BCUT2D eigenvalue weighted by Gasteiger charge is 2.23. The van der Waals surface area contributed by atoms with E-state index < -0.39 is 21.7 Å². The second kappa shape index (κ2) is 11.0. The smallest absolute Gasteiger partial charge is 0.175 e. The van der Waals surface area contributed by atoms with Crippen molar-refractivity contribution in [2.75, 3.05) is 16.9 Å². The number of fused-ring (bicyclic) bond motifs is 1. The van der Waals surface area contributed by atoms with Crippen molar-refractivity contribution in [2.24, 2.45) is 0 Å². The minimum Gasteiger partial charge on any atom is -0.373 e. The monoisotopic (exact) mass is 617 g/mol. The highest BCUT2D eigenvalue weighted by Crippen LogP contribution is 2.38. The molecule has 0 spiro atoms. The lowest BCUT2D eigenvalue weighted by molar-refractivity contribution is 0.583. The number of rotatable bonds is 7. The number of sulfone groups is 1. The summed E-state index contributed by atoms with van der Waals surface area (Å²) in [5.74, 6) is -0.784. The third-order valence-electron chi connectivity index (χ3n) is 6.09. The molecule has 0 bridgehead atoms. The summed E-state index contributed by atoms with van der Waals surface area (Å²) in [6.07, 6.45) is 4.16. The lowest BCUT2D eigenvalue weighted by atomic mass is 10.0. The highest BCUT2D eigenvalue weighted by atomic mass is 35.5. The van der Waals surface area contributed by atoms with Crippen molar-refractivity contribution in [3.8, 4) is 6.07 Å². The van der Waals surface area contributed by atoms with Gasteiger partial charge in [0.05, 0.1) is 54.2 Å². The fourth-order valence-electron chi connectivity index (χ4n) is 4.17. The Hall–Kier alpha value is -3.79. The van der Waals surface area contributed by atoms with Crippen LogP contribution in [0, 0.1) is 17.1 Å². The number of benzene rings is 3. The first-order valence-corrected chi connectivity index (χ1v) is 14.6. The summed E-state index contributed by atoms with van der Waals surface area (Å²) in [6.45, 7) is 0. The number of hydrogen-bond donors (Lipinski definition) is 5. The molecule has 0 amide bonds. The van der Waals surface area contributed by atoms with Gasteiger partial charge < -0.3 is 21.5 Å². The summed E-state index contributed by atoms with van der Waals surface area (Å²) < 4.78 is 39.3. The number of hydrogen-bond acceptors (Lipinski definition) is 9. The van der Waals surface area contributed by atoms with E-state index in [1.54, 1.807) is 36.5 Å². The molecule has 5 rings (SSSR count). The maximum atomic E-state index is 14.9. The van der Waals surface area contributed by atoms with Crippen LogP contribution in [0.15, 0.2) is 71.5 Å². The Bertz CT molecular complexity index is 1840. The molecular weight excluding hydrogens is 600 g/mol. The largest absolute Gasteiger partial charge is 0.373 e. The molecule has 5 N–H and O–H groups in total. The van der Waals surface area contributed by atoms with Gasteiger partial charge in [-0.2, -0.15) is 10.8 Å². The molecule has 1 aliphatic heterocycles. The summed E-state index contributed by atoms with van der Waals surface area (Å²) in [6, 6.07) is 14.2. The average molecular weight is 619 g/mol. The highest BCUT2D eigenvalue weighted by molar-refractivity contribution is 7.90. The van der Waals surface area contributed by atoms with E-state index >= 15 is 0 Å². The second-order valence-corrected chi connectivity index (χ2v) is 12.0. The predicted octanol–water partition coefficient (Wildman–Crippen LogP) is 5.96. The molecular formula is C26H19Cl3FN7O2S. The minimum absolute atomic E-state index is 0.000751. The van der Waals surface area contributed by atoms with Crippen LogP contribution in [0.25, 0.3) is 10.9 Å². The maximum absolute atomic E-state index is 14.9. The van der Waals surface area contributed by atoms with Gasteiger partial charge in [0, 0.05) is 29.7 Å². The van der Waals surface area contributed by atoms with Gasteiger partial charge in [-0.1, -0.05) is 46.9 Å². The zero-order chi connectivity index (χ0) is 28.6. The Kier molecular flexibility index (Phi) is 7.63. The molecule has 9 nitrogen and oxygen atoms in total.